The second-order valence-electron chi connectivity index (χ2n) is 4.31. The molecule has 0 saturated heterocycles. The maximum absolute atomic E-state index is 10.6. The van der Waals surface area contributed by atoms with Crippen LogP contribution >= 0.6 is 0 Å². The van der Waals surface area contributed by atoms with E-state index in [1.54, 1.807) is 0 Å². The van der Waals surface area contributed by atoms with Gasteiger partial charge in [0.2, 0.25) is 0 Å². The molecular weight excluding hydrogens is 222 g/mol. The van der Waals surface area contributed by atoms with Crippen molar-refractivity contribution in [3.63, 3.8) is 0 Å². The molecule has 0 spiro atoms. The fraction of sp³-hybridized carbons (Fsp3) is 0.545. The Bertz CT molecular complexity index is 393. The summed E-state index contributed by atoms with van der Waals surface area (Å²) in [5.41, 5.74) is -0.0631. The highest BCUT2D eigenvalue weighted by atomic mass is 16.4. The van der Waals surface area contributed by atoms with Gasteiger partial charge in [0.25, 0.3) is 0 Å². The number of aliphatic hydroxyl groups is 1. The molecule has 1 saturated carbocycles. The molecule has 1 aliphatic rings. The Morgan fingerprint density at radius 2 is 2.24 bits per heavy atom. The van der Waals surface area contributed by atoms with Gasteiger partial charge in [-0.25, -0.2) is 14.8 Å². The lowest BCUT2D eigenvalue weighted by atomic mass is 10.1. The van der Waals surface area contributed by atoms with Gasteiger partial charge in [-0.2, -0.15) is 0 Å². The number of carboxylic acid groups (broad SMARTS) is 1. The van der Waals surface area contributed by atoms with Crippen LogP contribution in [0, 0.1) is 5.92 Å². The Balaban J connectivity index is 1.85. The number of hydrogen-bond donors (Lipinski definition) is 3. The van der Waals surface area contributed by atoms with Gasteiger partial charge in [0.05, 0.1) is 18.5 Å². The van der Waals surface area contributed by atoms with Crippen LogP contribution in [0.1, 0.15) is 29.8 Å². The van der Waals surface area contributed by atoms with Crippen LogP contribution in [-0.2, 0) is 0 Å². The number of carboxylic acids is 1. The second kappa shape index (κ2) is 5.09. The van der Waals surface area contributed by atoms with E-state index in [1.165, 1.54) is 12.4 Å². The highest BCUT2D eigenvalue weighted by Crippen LogP contribution is 2.25. The minimum Gasteiger partial charge on any atom is -0.476 e. The van der Waals surface area contributed by atoms with E-state index in [4.69, 9.17) is 5.11 Å². The molecule has 1 aromatic rings. The largest absolute Gasteiger partial charge is 0.476 e. The monoisotopic (exact) mass is 237 g/mol. The van der Waals surface area contributed by atoms with Crippen LogP contribution in [0.3, 0.4) is 0 Å². The predicted octanol–water partition coefficient (Wildman–Crippen LogP) is 0.748. The predicted molar refractivity (Wildman–Crippen MR) is 60.8 cm³/mol. The maximum atomic E-state index is 10.6. The topological polar surface area (TPSA) is 95.3 Å². The van der Waals surface area contributed by atoms with Gasteiger partial charge in [0, 0.05) is 6.54 Å². The van der Waals surface area contributed by atoms with Crippen LogP contribution in [0.25, 0.3) is 0 Å². The van der Waals surface area contributed by atoms with Gasteiger partial charge in [-0.3, -0.25) is 0 Å². The summed E-state index contributed by atoms with van der Waals surface area (Å²) in [5, 5.41) is 21.1. The lowest BCUT2D eigenvalue weighted by Crippen LogP contribution is -2.14. The average molecular weight is 237 g/mol. The first-order chi connectivity index (χ1) is 8.15. The number of nitrogens with one attached hydrogen (secondary N) is 1. The van der Waals surface area contributed by atoms with Gasteiger partial charge in [0.1, 0.15) is 5.82 Å². The number of carbonyl (C=O) groups is 1. The molecule has 1 aromatic heterocycles. The summed E-state index contributed by atoms with van der Waals surface area (Å²) in [6.07, 6.45) is 5.14. The summed E-state index contributed by atoms with van der Waals surface area (Å²) in [6.45, 7) is 0.734. The smallest absolute Gasteiger partial charge is 0.356 e. The minimum atomic E-state index is -1.08. The molecule has 6 heteroatoms. The summed E-state index contributed by atoms with van der Waals surface area (Å²) in [6, 6.07) is 0. The van der Waals surface area contributed by atoms with Gasteiger partial charge >= 0.3 is 5.97 Å². The molecule has 3 N–H and O–H groups in total. The van der Waals surface area contributed by atoms with Gasteiger partial charge in [-0.05, 0) is 25.2 Å². The van der Waals surface area contributed by atoms with Crippen LogP contribution < -0.4 is 5.32 Å². The molecule has 0 radical (unpaired) electrons. The first kappa shape index (κ1) is 11.8. The van der Waals surface area contributed by atoms with Crippen molar-refractivity contribution in [1.82, 2.24) is 9.97 Å². The molecule has 2 atom stereocenters. The summed E-state index contributed by atoms with van der Waals surface area (Å²) < 4.78 is 0. The van der Waals surface area contributed by atoms with Crippen LogP contribution in [0.4, 0.5) is 5.82 Å². The summed E-state index contributed by atoms with van der Waals surface area (Å²) in [7, 11) is 0. The molecule has 6 nitrogen and oxygen atoms in total. The molecule has 2 rings (SSSR count). The highest BCUT2D eigenvalue weighted by molar-refractivity contribution is 5.84. The van der Waals surface area contributed by atoms with Crippen LogP contribution in [0.2, 0.25) is 0 Å². The van der Waals surface area contributed by atoms with Crippen molar-refractivity contribution in [1.29, 1.82) is 0 Å². The normalized spacial score (nSPS) is 23.6. The lowest BCUT2D eigenvalue weighted by Gasteiger charge is -2.10. The zero-order valence-corrected chi connectivity index (χ0v) is 9.33. The third-order valence-corrected chi connectivity index (χ3v) is 2.96. The number of nitrogens with zero attached hydrogens (tertiary/aromatic N) is 2. The van der Waals surface area contributed by atoms with E-state index in [1.807, 2.05) is 0 Å². The lowest BCUT2D eigenvalue weighted by molar-refractivity contribution is 0.0690. The van der Waals surface area contributed by atoms with Gasteiger partial charge in [-0.15, -0.1) is 0 Å². The van der Waals surface area contributed by atoms with Crippen LogP contribution in [0.15, 0.2) is 12.4 Å². The van der Waals surface area contributed by atoms with E-state index >= 15 is 0 Å². The van der Waals surface area contributed by atoms with Crippen molar-refractivity contribution < 1.29 is 15.0 Å². The third kappa shape index (κ3) is 3.13. The zero-order chi connectivity index (χ0) is 12.3. The molecular formula is C11H15N3O3. The van der Waals surface area contributed by atoms with E-state index < -0.39 is 5.97 Å². The second-order valence-corrected chi connectivity index (χ2v) is 4.31. The molecule has 1 fully saturated rings. The van der Waals surface area contributed by atoms with Crippen molar-refractivity contribution >= 4 is 11.8 Å². The SMILES string of the molecule is O=C(O)c1cnc(NCC2CCC(O)C2)cn1. The fourth-order valence-corrected chi connectivity index (χ4v) is 2.01. The average Bonchev–Trinajstić information content (AvgIpc) is 2.73. The number of aromatic nitrogens is 2. The Morgan fingerprint density at radius 1 is 1.41 bits per heavy atom. The van der Waals surface area contributed by atoms with Gasteiger partial charge in [0.15, 0.2) is 5.69 Å². The molecule has 0 aliphatic heterocycles. The van der Waals surface area contributed by atoms with E-state index in [0.717, 1.165) is 25.8 Å². The first-order valence-electron chi connectivity index (χ1n) is 5.62. The molecule has 2 unspecified atom stereocenters. The Kier molecular flexibility index (Phi) is 3.53. The summed E-state index contributed by atoms with van der Waals surface area (Å²) in [4.78, 5) is 18.3. The molecule has 17 heavy (non-hydrogen) atoms. The number of aromatic carboxylic acids is 1. The van der Waals surface area contributed by atoms with E-state index in [9.17, 15) is 9.90 Å². The van der Waals surface area contributed by atoms with E-state index in [0.29, 0.717) is 11.7 Å². The Labute approximate surface area is 98.7 Å². The standard InChI is InChI=1S/C11H15N3O3/c15-8-2-1-7(3-8)4-13-10-6-12-9(5-14-10)11(16)17/h5-8,15H,1-4H2,(H,13,14)(H,16,17). The third-order valence-electron chi connectivity index (χ3n) is 2.96. The van der Waals surface area contributed by atoms with E-state index in [-0.39, 0.29) is 11.8 Å². The minimum absolute atomic E-state index is 0.0631. The van der Waals surface area contributed by atoms with Crippen LogP contribution in [0.5, 0.6) is 0 Å². The molecule has 1 heterocycles. The number of rotatable bonds is 4. The molecule has 92 valence electrons. The van der Waals surface area contributed by atoms with E-state index in [2.05, 4.69) is 15.3 Å². The quantitative estimate of drug-likeness (QED) is 0.715. The van der Waals surface area contributed by atoms with Gasteiger partial charge < -0.3 is 15.5 Å². The maximum Gasteiger partial charge on any atom is 0.356 e. The van der Waals surface area contributed by atoms with Crippen LogP contribution in [-0.4, -0.2) is 38.8 Å². The Morgan fingerprint density at radius 3 is 2.76 bits per heavy atom. The van der Waals surface area contributed by atoms with Crippen molar-refractivity contribution in [2.75, 3.05) is 11.9 Å². The number of hydrogen-bond acceptors (Lipinski definition) is 5. The Hall–Kier alpha value is -1.69. The fourth-order valence-electron chi connectivity index (χ4n) is 2.01. The number of anilines is 1. The summed E-state index contributed by atoms with van der Waals surface area (Å²) >= 11 is 0. The van der Waals surface area contributed by atoms with Crippen molar-refractivity contribution in [2.45, 2.75) is 25.4 Å². The summed E-state index contributed by atoms with van der Waals surface area (Å²) in [5.74, 6) is -0.0645. The number of aliphatic hydroxyl groups excluding tert-OH is 1. The molecule has 0 bridgehead atoms. The first-order valence-corrected chi connectivity index (χ1v) is 5.62. The van der Waals surface area contributed by atoms with Gasteiger partial charge in [-0.1, -0.05) is 0 Å². The highest BCUT2D eigenvalue weighted by Gasteiger charge is 2.22. The van der Waals surface area contributed by atoms with Crippen molar-refractivity contribution in [3.05, 3.63) is 18.1 Å². The molecule has 0 amide bonds. The molecule has 1 aliphatic carbocycles. The zero-order valence-electron chi connectivity index (χ0n) is 9.33. The van der Waals surface area contributed by atoms with Crippen molar-refractivity contribution in [2.24, 2.45) is 5.92 Å². The van der Waals surface area contributed by atoms with Crippen molar-refractivity contribution in [3.8, 4) is 0 Å². The molecule has 0 aromatic carbocycles.